The second-order valence-corrected chi connectivity index (χ2v) is 3.02. The predicted octanol–water partition coefficient (Wildman–Crippen LogP) is -0.816. The summed E-state index contributed by atoms with van der Waals surface area (Å²) in [6.07, 6.45) is -0.991. The highest BCUT2D eigenvalue weighted by molar-refractivity contribution is 7.84. The average molecular weight is 167 g/mol. The largest absolute Gasteiger partial charge is 0.333 e. The van der Waals surface area contributed by atoms with E-state index in [0.29, 0.717) is 0 Å². The van der Waals surface area contributed by atoms with Crippen LogP contribution in [0.1, 0.15) is 13.8 Å². The zero-order valence-electron chi connectivity index (χ0n) is 5.70. The number of ketones is 1. The molecule has 60 valence electrons. The van der Waals surface area contributed by atoms with Crippen molar-refractivity contribution >= 4 is 16.1 Å². The number of rotatable bonds is 3. The Bertz CT molecular complexity index is 219. The number of hydrogen-bond donors (Lipinski definition) is 1. The van der Waals surface area contributed by atoms with Crippen molar-refractivity contribution in [2.24, 2.45) is 5.14 Å². The van der Waals surface area contributed by atoms with E-state index in [1.165, 1.54) is 13.8 Å². The molecule has 1 unspecified atom stereocenters. The predicted molar refractivity (Wildman–Crippen MR) is 34.3 cm³/mol. The molecule has 0 rings (SSSR count). The van der Waals surface area contributed by atoms with Crippen LogP contribution in [0.4, 0.5) is 0 Å². The monoisotopic (exact) mass is 167 g/mol. The zero-order valence-corrected chi connectivity index (χ0v) is 6.51. The summed E-state index contributed by atoms with van der Waals surface area (Å²) in [6, 6.07) is 0. The topological polar surface area (TPSA) is 86.5 Å². The van der Waals surface area contributed by atoms with Gasteiger partial charge in [0.25, 0.3) is 0 Å². The molecule has 1 atom stereocenters. The molecule has 0 aliphatic rings. The summed E-state index contributed by atoms with van der Waals surface area (Å²) in [5.41, 5.74) is 0. The lowest BCUT2D eigenvalue weighted by atomic mass is 10.3. The molecular formula is C4H9NO4S. The highest BCUT2D eigenvalue weighted by Crippen LogP contribution is 1.94. The fourth-order valence-electron chi connectivity index (χ4n) is 0.269. The van der Waals surface area contributed by atoms with Crippen LogP contribution in [0.25, 0.3) is 0 Å². The molecule has 0 heterocycles. The van der Waals surface area contributed by atoms with Gasteiger partial charge in [-0.25, -0.2) is 9.32 Å². The minimum absolute atomic E-state index is 0.381. The Kier molecular flexibility index (Phi) is 2.95. The standard InChI is InChI=1S/C4H9NO4S/c1-3(6)4(2)9-10(5,7)8/h4H,1-2H3,(H2,5,7,8). The normalized spacial score (nSPS) is 14.7. The van der Waals surface area contributed by atoms with Crippen molar-refractivity contribution in [3.8, 4) is 0 Å². The molecule has 0 aromatic carbocycles. The van der Waals surface area contributed by atoms with Gasteiger partial charge in [0.1, 0.15) is 6.10 Å². The van der Waals surface area contributed by atoms with Gasteiger partial charge in [-0.15, -0.1) is 0 Å². The minimum atomic E-state index is -3.99. The van der Waals surface area contributed by atoms with E-state index in [-0.39, 0.29) is 5.78 Å². The van der Waals surface area contributed by atoms with Crippen LogP contribution in [-0.4, -0.2) is 20.3 Å². The van der Waals surface area contributed by atoms with Crippen molar-refractivity contribution in [1.29, 1.82) is 0 Å². The average Bonchev–Trinajstić information content (AvgIpc) is 1.60. The summed E-state index contributed by atoms with van der Waals surface area (Å²) in [6.45, 7) is 2.53. The van der Waals surface area contributed by atoms with Crippen LogP contribution in [0.15, 0.2) is 0 Å². The van der Waals surface area contributed by atoms with E-state index in [0.717, 1.165) is 0 Å². The van der Waals surface area contributed by atoms with E-state index < -0.39 is 16.4 Å². The third-order valence-corrected chi connectivity index (χ3v) is 1.41. The fraction of sp³-hybridized carbons (Fsp3) is 0.750. The van der Waals surface area contributed by atoms with Crippen molar-refractivity contribution in [2.45, 2.75) is 20.0 Å². The smallest absolute Gasteiger partial charge is 0.297 e. The lowest BCUT2D eigenvalue weighted by Crippen LogP contribution is -2.26. The number of carbonyl (C=O) groups excluding carboxylic acids is 1. The molecule has 0 fully saturated rings. The summed E-state index contributed by atoms with van der Waals surface area (Å²) >= 11 is 0. The Morgan fingerprint density at radius 2 is 2.00 bits per heavy atom. The minimum Gasteiger partial charge on any atom is -0.297 e. The molecule has 0 amide bonds. The van der Waals surface area contributed by atoms with Crippen LogP contribution in [0.2, 0.25) is 0 Å². The zero-order chi connectivity index (χ0) is 8.36. The highest BCUT2D eigenvalue weighted by Gasteiger charge is 2.14. The van der Waals surface area contributed by atoms with Gasteiger partial charge in [0, 0.05) is 0 Å². The van der Waals surface area contributed by atoms with Crippen LogP contribution in [0.5, 0.6) is 0 Å². The summed E-state index contributed by atoms with van der Waals surface area (Å²) in [7, 11) is -3.99. The third-order valence-electron chi connectivity index (χ3n) is 0.851. The first kappa shape index (κ1) is 9.54. The summed E-state index contributed by atoms with van der Waals surface area (Å²) < 4.78 is 24.4. The molecule has 0 aliphatic carbocycles. The molecule has 0 radical (unpaired) electrons. The van der Waals surface area contributed by atoms with E-state index in [9.17, 15) is 13.2 Å². The van der Waals surface area contributed by atoms with Gasteiger partial charge < -0.3 is 0 Å². The van der Waals surface area contributed by atoms with Gasteiger partial charge in [-0.1, -0.05) is 0 Å². The van der Waals surface area contributed by atoms with Crippen molar-refractivity contribution in [3.63, 3.8) is 0 Å². The summed E-state index contributed by atoms with van der Waals surface area (Å²) in [4.78, 5) is 10.4. The van der Waals surface area contributed by atoms with Crippen molar-refractivity contribution in [3.05, 3.63) is 0 Å². The van der Waals surface area contributed by atoms with Crippen molar-refractivity contribution < 1.29 is 17.4 Å². The molecule has 0 spiro atoms. The molecule has 0 saturated heterocycles. The number of carbonyl (C=O) groups is 1. The molecule has 10 heavy (non-hydrogen) atoms. The summed E-state index contributed by atoms with van der Waals surface area (Å²) in [5.74, 6) is -0.381. The lowest BCUT2D eigenvalue weighted by Gasteiger charge is -2.04. The maximum atomic E-state index is 10.4. The van der Waals surface area contributed by atoms with Gasteiger partial charge in [0.05, 0.1) is 0 Å². The number of Topliss-reactive ketones (excluding diaryl/α,β-unsaturated/α-hetero) is 1. The molecule has 2 N–H and O–H groups in total. The van der Waals surface area contributed by atoms with Gasteiger partial charge >= 0.3 is 10.3 Å². The molecule has 0 saturated carbocycles. The number of nitrogens with two attached hydrogens (primary N) is 1. The van der Waals surface area contributed by atoms with Gasteiger partial charge in [0.2, 0.25) is 0 Å². The first-order chi connectivity index (χ1) is 4.33. The van der Waals surface area contributed by atoms with Crippen molar-refractivity contribution in [1.82, 2.24) is 0 Å². The Morgan fingerprint density at radius 3 is 2.10 bits per heavy atom. The van der Waals surface area contributed by atoms with E-state index in [1.807, 2.05) is 0 Å². The molecule has 0 bridgehead atoms. The van der Waals surface area contributed by atoms with Crippen molar-refractivity contribution in [2.75, 3.05) is 0 Å². The van der Waals surface area contributed by atoms with Crippen LogP contribution in [-0.2, 0) is 19.3 Å². The Balaban J connectivity index is 4.06. The van der Waals surface area contributed by atoms with E-state index in [1.54, 1.807) is 0 Å². The molecule has 6 heteroatoms. The second-order valence-electron chi connectivity index (χ2n) is 1.84. The molecule has 0 aromatic rings. The maximum absolute atomic E-state index is 10.4. The van der Waals surface area contributed by atoms with Crippen LogP contribution >= 0.6 is 0 Å². The molecular weight excluding hydrogens is 158 g/mol. The molecule has 0 aliphatic heterocycles. The van der Waals surface area contributed by atoms with E-state index in [2.05, 4.69) is 9.32 Å². The van der Waals surface area contributed by atoms with Crippen LogP contribution in [0.3, 0.4) is 0 Å². The SMILES string of the molecule is CC(=O)C(C)OS(N)(=O)=O. The quantitative estimate of drug-likeness (QED) is 0.595. The van der Waals surface area contributed by atoms with E-state index in [4.69, 9.17) is 0 Å². The van der Waals surface area contributed by atoms with Gasteiger partial charge in [-0.2, -0.15) is 8.42 Å². The summed E-state index contributed by atoms with van der Waals surface area (Å²) in [5, 5.41) is 4.47. The fourth-order valence-corrected chi connectivity index (χ4v) is 0.807. The first-order valence-electron chi connectivity index (χ1n) is 2.54. The Labute approximate surface area is 59.4 Å². The maximum Gasteiger partial charge on any atom is 0.333 e. The molecule has 5 nitrogen and oxygen atoms in total. The van der Waals surface area contributed by atoms with Gasteiger partial charge in [-0.3, -0.25) is 4.79 Å². The third kappa shape index (κ3) is 4.42. The van der Waals surface area contributed by atoms with Gasteiger partial charge in [-0.05, 0) is 13.8 Å². The Morgan fingerprint density at radius 1 is 1.60 bits per heavy atom. The van der Waals surface area contributed by atoms with Crippen LogP contribution < -0.4 is 5.14 Å². The highest BCUT2D eigenvalue weighted by atomic mass is 32.2. The lowest BCUT2D eigenvalue weighted by molar-refractivity contribution is -0.122. The second kappa shape index (κ2) is 3.09. The van der Waals surface area contributed by atoms with E-state index >= 15 is 0 Å². The Hall–Kier alpha value is -0.460. The number of hydrogen-bond acceptors (Lipinski definition) is 4. The van der Waals surface area contributed by atoms with Crippen LogP contribution in [0, 0.1) is 0 Å². The molecule has 0 aromatic heterocycles. The first-order valence-corrected chi connectivity index (χ1v) is 4.01. The van der Waals surface area contributed by atoms with Gasteiger partial charge in [0.15, 0.2) is 5.78 Å².